The molecular formula is C37H42N4O11S. The summed E-state index contributed by atoms with van der Waals surface area (Å²) in [5, 5.41) is 13.1. The first kappa shape index (κ1) is 36.7. The van der Waals surface area contributed by atoms with E-state index in [4.69, 9.17) is 37.9 Å². The first-order valence-electron chi connectivity index (χ1n) is 17.2. The highest BCUT2D eigenvalue weighted by atomic mass is 32.2. The van der Waals surface area contributed by atoms with Gasteiger partial charge in [-0.25, -0.2) is 9.59 Å². The second-order valence-electron chi connectivity index (χ2n) is 13.5. The lowest BCUT2D eigenvalue weighted by Crippen LogP contribution is -2.69. The van der Waals surface area contributed by atoms with Crippen LogP contribution in [0.25, 0.3) is 0 Å². The Balaban J connectivity index is 1.50. The minimum absolute atomic E-state index is 0.0323. The third-order valence-electron chi connectivity index (χ3n) is 10.6. The van der Waals surface area contributed by atoms with E-state index in [-0.39, 0.29) is 38.6 Å². The van der Waals surface area contributed by atoms with Gasteiger partial charge in [-0.1, -0.05) is 18.7 Å². The molecule has 8 rings (SSSR count). The van der Waals surface area contributed by atoms with Crippen LogP contribution < -0.4 is 29.0 Å². The van der Waals surface area contributed by atoms with Crippen molar-refractivity contribution in [2.24, 2.45) is 0 Å². The van der Waals surface area contributed by atoms with Crippen LogP contribution in [0.2, 0.25) is 0 Å². The van der Waals surface area contributed by atoms with Gasteiger partial charge in [0.05, 0.1) is 30.5 Å². The lowest BCUT2D eigenvalue weighted by Gasteiger charge is -2.61. The summed E-state index contributed by atoms with van der Waals surface area (Å²) >= 11 is 1.38. The number of likely N-dealkylation sites (N-methyl/N-ethyl adjacent to an activating group) is 1. The molecule has 0 aliphatic carbocycles. The molecule has 1 N–H and O–H groups in total. The van der Waals surface area contributed by atoms with Gasteiger partial charge in [-0.05, 0) is 38.4 Å². The van der Waals surface area contributed by atoms with Gasteiger partial charge in [-0.2, -0.15) is 5.26 Å². The summed E-state index contributed by atoms with van der Waals surface area (Å²) in [5.41, 5.74) is 4.63. The monoisotopic (exact) mass is 750 g/mol. The van der Waals surface area contributed by atoms with Gasteiger partial charge in [0.1, 0.15) is 31.0 Å². The van der Waals surface area contributed by atoms with Crippen molar-refractivity contribution in [3.05, 3.63) is 52.1 Å². The molecule has 6 aliphatic rings. The molecule has 16 heteroatoms. The van der Waals surface area contributed by atoms with Crippen LogP contribution in [0, 0.1) is 25.2 Å². The lowest BCUT2D eigenvalue weighted by atomic mass is 9.71. The van der Waals surface area contributed by atoms with Crippen LogP contribution in [0.15, 0.2) is 18.7 Å². The van der Waals surface area contributed by atoms with E-state index < -0.39 is 53.5 Å². The van der Waals surface area contributed by atoms with Crippen molar-refractivity contribution in [3.63, 3.8) is 0 Å². The van der Waals surface area contributed by atoms with Crippen LogP contribution in [0.4, 0.5) is 4.79 Å². The maximum atomic E-state index is 13.7. The van der Waals surface area contributed by atoms with E-state index in [1.54, 1.807) is 14.2 Å². The zero-order chi connectivity index (χ0) is 37.7. The highest BCUT2D eigenvalue weighted by Crippen LogP contribution is 2.64. The summed E-state index contributed by atoms with van der Waals surface area (Å²) < 4.78 is 47.0. The molecule has 2 saturated heterocycles. The second-order valence-corrected chi connectivity index (χ2v) is 14.7. The molecule has 282 valence electrons. The Kier molecular flexibility index (Phi) is 10.1. The normalized spacial score (nSPS) is 26.9. The average Bonchev–Trinajstić information content (AvgIpc) is 3.62. The molecule has 0 radical (unpaired) electrons. The van der Waals surface area contributed by atoms with Gasteiger partial charge in [0.15, 0.2) is 29.8 Å². The molecule has 53 heavy (non-hydrogen) atoms. The van der Waals surface area contributed by atoms with Crippen LogP contribution in [-0.2, 0) is 30.2 Å². The minimum atomic E-state index is -1.09. The maximum Gasteiger partial charge on any atom is 0.408 e. The highest BCUT2D eigenvalue weighted by molar-refractivity contribution is 7.99. The predicted molar refractivity (Wildman–Crippen MR) is 189 cm³/mol. The van der Waals surface area contributed by atoms with Crippen molar-refractivity contribution in [2.75, 3.05) is 53.8 Å². The van der Waals surface area contributed by atoms with E-state index in [2.05, 4.69) is 33.8 Å². The number of ether oxygens (including phenoxy) is 8. The zero-order valence-electron chi connectivity index (χ0n) is 30.4. The standard InChI is InChI=1S/C37H42N4O11S/c1-8-9-47-37(44)39-21-14-53-35-27-26(34-32(50-16-51-34)18(3)31(27)52-19(4)42)24(13-48-36(21)43)41-23(12-38)22-11-20-10-17(2)30(46-7)33(49-15-45-6)25(20)28(29(35)41)40(22)5/h8,10,21-24,28-29,35H,1,9,11,13-16H2,2-7H3,(H,39,44)/t21-,22-,23-,24-,28+,29?,35+/m0/s1. The number of esters is 2. The number of amides is 1. The second kappa shape index (κ2) is 14.6. The molecule has 15 nitrogen and oxygen atoms in total. The fraction of sp³-hybridized carbons (Fsp3) is 0.514. The molecule has 7 atom stereocenters. The number of nitrogens with one attached hydrogen (secondary N) is 1. The van der Waals surface area contributed by atoms with Crippen molar-refractivity contribution in [2.45, 2.75) is 68.7 Å². The molecule has 2 fully saturated rings. The van der Waals surface area contributed by atoms with Gasteiger partial charge >= 0.3 is 18.0 Å². The number of nitrogens with zero attached hydrogens (tertiary/aromatic N) is 3. The highest BCUT2D eigenvalue weighted by Gasteiger charge is 2.61. The van der Waals surface area contributed by atoms with Crippen LogP contribution in [0.1, 0.15) is 57.6 Å². The summed E-state index contributed by atoms with van der Waals surface area (Å²) in [6, 6.07) is 0.967. The fourth-order valence-electron chi connectivity index (χ4n) is 8.62. The van der Waals surface area contributed by atoms with Gasteiger partial charge in [0.2, 0.25) is 6.79 Å². The largest absolute Gasteiger partial charge is 0.493 e. The molecule has 1 unspecified atom stereocenters. The van der Waals surface area contributed by atoms with Crippen LogP contribution >= 0.6 is 11.8 Å². The summed E-state index contributed by atoms with van der Waals surface area (Å²) in [4.78, 5) is 43.6. The Labute approximate surface area is 311 Å². The number of carbonyl (C=O) groups is 3. The number of thioether (sulfide) groups is 1. The number of carbonyl (C=O) groups excluding carboxylic acids is 3. The molecule has 0 saturated carbocycles. The van der Waals surface area contributed by atoms with E-state index in [1.165, 1.54) is 24.8 Å². The Bertz CT molecular complexity index is 1900. The molecule has 6 heterocycles. The first-order valence-corrected chi connectivity index (χ1v) is 18.3. The number of alkyl carbamates (subject to hydrolysis) is 1. The fourth-order valence-corrected chi connectivity index (χ4v) is 10.1. The summed E-state index contributed by atoms with van der Waals surface area (Å²) in [5.74, 6) is 1.13. The molecule has 4 bridgehead atoms. The molecule has 0 spiro atoms. The number of nitriles is 1. The number of fused-ring (bicyclic) bond motifs is 10. The van der Waals surface area contributed by atoms with E-state index in [1.807, 2.05) is 20.9 Å². The van der Waals surface area contributed by atoms with Crippen molar-refractivity contribution in [1.82, 2.24) is 15.1 Å². The molecule has 2 aromatic carbocycles. The predicted octanol–water partition coefficient (Wildman–Crippen LogP) is 3.79. The molecule has 1 amide bonds. The molecular weight excluding hydrogens is 708 g/mol. The van der Waals surface area contributed by atoms with Crippen molar-refractivity contribution in [1.29, 1.82) is 5.26 Å². The van der Waals surface area contributed by atoms with Gasteiger partial charge < -0.3 is 43.2 Å². The van der Waals surface area contributed by atoms with Gasteiger partial charge in [0, 0.05) is 54.1 Å². The summed E-state index contributed by atoms with van der Waals surface area (Å²) in [6.45, 7) is 8.32. The first-order chi connectivity index (χ1) is 25.6. The third kappa shape index (κ3) is 5.99. The number of piperazine rings is 1. The van der Waals surface area contributed by atoms with Crippen LogP contribution in [0.5, 0.6) is 28.7 Å². The SMILES string of the molecule is C=CCOC(=O)N[C@H]1CS[C@@H]2c3c(OC(C)=O)c(C)c4c(c3[C@H](COC1=O)N1C2[C@H]2c3c(cc(C)c(OC)c3OCOC)C[C@@H]([C@@H]1C#N)N2C)OCO4. The lowest BCUT2D eigenvalue weighted by molar-refractivity contribution is -0.151. The average molecular weight is 751 g/mol. The number of aryl methyl sites for hydroxylation is 1. The van der Waals surface area contributed by atoms with Crippen molar-refractivity contribution >= 4 is 29.8 Å². The Morgan fingerprint density at radius 1 is 1.13 bits per heavy atom. The molecule has 0 aromatic heterocycles. The minimum Gasteiger partial charge on any atom is -0.493 e. The van der Waals surface area contributed by atoms with E-state index in [0.717, 1.165) is 16.7 Å². The Hall–Kier alpha value is -4.69. The molecule has 2 aromatic rings. The topological polar surface area (TPSA) is 167 Å². The maximum absolute atomic E-state index is 13.7. The van der Waals surface area contributed by atoms with Crippen LogP contribution in [0.3, 0.4) is 0 Å². The van der Waals surface area contributed by atoms with Gasteiger partial charge in [-0.15, -0.1) is 11.8 Å². The third-order valence-corrected chi connectivity index (χ3v) is 12.0. The van der Waals surface area contributed by atoms with Gasteiger partial charge in [0.25, 0.3) is 0 Å². The smallest absolute Gasteiger partial charge is 0.408 e. The zero-order valence-corrected chi connectivity index (χ0v) is 31.2. The summed E-state index contributed by atoms with van der Waals surface area (Å²) in [7, 11) is 5.15. The number of rotatable bonds is 8. The number of hydrogen-bond acceptors (Lipinski definition) is 15. The number of hydrogen-bond donors (Lipinski definition) is 1. The Morgan fingerprint density at radius 2 is 1.91 bits per heavy atom. The van der Waals surface area contributed by atoms with Crippen molar-refractivity contribution < 1.29 is 52.3 Å². The number of benzene rings is 2. The summed E-state index contributed by atoms with van der Waals surface area (Å²) in [6.07, 6.45) is 1.15. The van der Waals surface area contributed by atoms with Gasteiger partial charge in [-0.3, -0.25) is 14.6 Å². The van der Waals surface area contributed by atoms with E-state index in [9.17, 15) is 19.6 Å². The Morgan fingerprint density at radius 3 is 2.60 bits per heavy atom. The van der Waals surface area contributed by atoms with Crippen molar-refractivity contribution in [3.8, 4) is 34.8 Å². The van der Waals surface area contributed by atoms with E-state index >= 15 is 0 Å². The van der Waals surface area contributed by atoms with E-state index in [0.29, 0.717) is 51.9 Å². The van der Waals surface area contributed by atoms with Crippen LogP contribution in [-0.4, -0.2) is 106 Å². The quantitative estimate of drug-likeness (QED) is 0.179. The molecule has 6 aliphatic heterocycles. The number of methoxy groups -OCH3 is 2.